The summed E-state index contributed by atoms with van der Waals surface area (Å²) in [5.41, 5.74) is 1.62. The van der Waals surface area contributed by atoms with Crippen LogP contribution in [0.1, 0.15) is 37.7 Å². The van der Waals surface area contributed by atoms with Crippen LogP contribution < -0.4 is 5.32 Å². The number of ether oxygens (including phenoxy) is 1. The zero-order chi connectivity index (χ0) is 13.7. The van der Waals surface area contributed by atoms with Gasteiger partial charge in [-0.2, -0.15) is 0 Å². The van der Waals surface area contributed by atoms with E-state index >= 15 is 0 Å². The van der Waals surface area contributed by atoms with E-state index in [4.69, 9.17) is 4.74 Å². The van der Waals surface area contributed by atoms with Crippen molar-refractivity contribution in [1.82, 2.24) is 0 Å². The Kier molecular flexibility index (Phi) is 4.80. The highest BCUT2D eigenvalue weighted by molar-refractivity contribution is 5.91. The number of phenols is 1. The summed E-state index contributed by atoms with van der Waals surface area (Å²) in [6.07, 6.45) is 4.89. The first kappa shape index (κ1) is 13.9. The molecule has 1 unspecified atom stereocenters. The Hall–Kier alpha value is -1.55. The molecule has 0 radical (unpaired) electrons. The van der Waals surface area contributed by atoms with E-state index in [9.17, 15) is 9.90 Å². The van der Waals surface area contributed by atoms with Crippen LogP contribution in [-0.4, -0.2) is 23.7 Å². The Labute approximate surface area is 113 Å². The van der Waals surface area contributed by atoms with Crippen molar-refractivity contribution < 1.29 is 14.6 Å². The molecule has 1 aliphatic rings. The summed E-state index contributed by atoms with van der Waals surface area (Å²) in [5.74, 6) is 0.217. The van der Waals surface area contributed by atoms with Crippen LogP contribution in [0.4, 0.5) is 5.69 Å². The third-order valence-corrected chi connectivity index (χ3v) is 3.45. The number of anilines is 1. The lowest BCUT2D eigenvalue weighted by atomic mass is 10.0. The van der Waals surface area contributed by atoms with Crippen LogP contribution in [0.2, 0.25) is 0 Å². The average Bonchev–Trinajstić information content (AvgIpc) is 2.41. The molecule has 1 aromatic carbocycles. The fourth-order valence-corrected chi connectivity index (χ4v) is 2.33. The summed E-state index contributed by atoms with van der Waals surface area (Å²) in [5, 5.41) is 12.2. The van der Waals surface area contributed by atoms with E-state index < -0.39 is 0 Å². The maximum Gasteiger partial charge on any atom is 0.224 e. The van der Waals surface area contributed by atoms with Crippen molar-refractivity contribution in [2.24, 2.45) is 0 Å². The molecule has 19 heavy (non-hydrogen) atoms. The van der Waals surface area contributed by atoms with Crippen molar-refractivity contribution in [3.8, 4) is 5.75 Å². The number of aryl methyl sites for hydroxylation is 1. The van der Waals surface area contributed by atoms with Gasteiger partial charge in [0.1, 0.15) is 5.75 Å². The van der Waals surface area contributed by atoms with Gasteiger partial charge >= 0.3 is 0 Å². The fourth-order valence-electron chi connectivity index (χ4n) is 2.33. The number of phenolic OH excluding ortho intramolecular Hbond substituents is 1. The minimum absolute atomic E-state index is 0.00274. The lowest BCUT2D eigenvalue weighted by Gasteiger charge is -2.22. The maximum atomic E-state index is 11.9. The molecule has 2 rings (SSSR count). The summed E-state index contributed by atoms with van der Waals surface area (Å²) in [4.78, 5) is 11.9. The highest BCUT2D eigenvalue weighted by Gasteiger charge is 2.15. The number of carbonyl (C=O) groups excluding carboxylic acids is 1. The van der Waals surface area contributed by atoms with Gasteiger partial charge < -0.3 is 15.2 Å². The molecule has 1 aliphatic heterocycles. The van der Waals surface area contributed by atoms with Crippen molar-refractivity contribution >= 4 is 11.6 Å². The van der Waals surface area contributed by atoms with Gasteiger partial charge in [0.15, 0.2) is 0 Å². The van der Waals surface area contributed by atoms with Gasteiger partial charge in [-0.1, -0.05) is 0 Å². The monoisotopic (exact) mass is 263 g/mol. The Balaban J connectivity index is 1.80. The zero-order valence-electron chi connectivity index (χ0n) is 11.3. The van der Waals surface area contributed by atoms with E-state index in [0.29, 0.717) is 6.42 Å². The summed E-state index contributed by atoms with van der Waals surface area (Å²) >= 11 is 0. The van der Waals surface area contributed by atoms with Crippen LogP contribution in [-0.2, 0) is 9.53 Å². The topological polar surface area (TPSA) is 58.6 Å². The molecule has 1 amide bonds. The molecule has 1 fully saturated rings. The highest BCUT2D eigenvalue weighted by Crippen LogP contribution is 2.21. The normalized spacial score (nSPS) is 19.1. The SMILES string of the molecule is Cc1cc(O)ccc1NC(=O)CCC1CCCCO1. The number of carbonyl (C=O) groups is 1. The summed E-state index contributed by atoms with van der Waals surface area (Å²) in [7, 11) is 0. The zero-order valence-corrected chi connectivity index (χ0v) is 11.3. The summed E-state index contributed by atoms with van der Waals surface area (Å²) in [6.45, 7) is 2.68. The molecular formula is C15H21NO3. The smallest absolute Gasteiger partial charge is 0.224 e. The third kappa shape index (κ3) is 4.24. The minimum Gasteiger partial charge on any atom is -0.508 e. The minimum atomic E-state index is 0.00274. The number of benzene rings is 1. The lowest BCUT2D eigenvalue weighted by Crippen LogP contribution is -2.21. The molecule has 2 N–H and O–H groups in total. The molecule has 104 valence electrons. The Morgan fingerprint density at radius 2 is 2.32 bits per heavy atom. The molecule has 0 saturated carbocycles. The second-order valence-corrected chi connectivity index (χ2v) is 5.07. The van der Waals surface area contributed by atoms with Gasteiger partial charge in [0.2, 0.25) is 5.91 Å². The standard InChI is InChI=1S/C15H21NO3/c1-11-10-12(17)5-7-14(11)16-15(18)8-6-13-4-2-3-9-19-13/h5,7,10,13,17H,2-4,6,8-9H2,1H3,(H,16,18). The van der Waals surface area contributed by atoms with Gasteiger partial charge in [-0.15, -0.1) is 0 Å². The second-order valence-electron chi connectivity index (χ2n) is 5.07. The second kappa shape index (κ2) is 6.57. The highest BCUT2D eigenvalue weighted by atomic mass is 16.5. The fraction of sp³-hybridized carbons (Fsp3) is 0.533. The van der Waals surface area contributed by atoms with Crippen molar-refractivity contribution in [3.05, 3.63) is 23.8 Å². The van der Waals surface area contributed by atoms with E-state index in [0.717, 1.165) is 37.1 Å². The molecule has 4 nitrogen and oxygen atoms in total. The first-order valence-electron chi connectivity index (χ1n) is 6.86. The van der Waals surface area contributed by atoms with Gasteiger partial charge in [0.25, 0.3) is 0 Å². The van der Waals surface area contributed by atoms with Crippen molar-refractivity contribution in [2.45, 2.75) is 45.1 Å². The maximum absolute atomic E-state index is 11.9. The molecule has 1 saturated heterocycles. The Morgan fingerprint density at radius 1 is 1.47 bits per heavy atom. The van der Waals surface area contributed by atoms with Crippen LogP contribution in [0.5, 0.6) is 5.75 Å². The van der Waals surface area contributed by atoms with E-state index in [2.05, 4.69) is 5.32 Å². The first-order chi connectivity index (χ1) is 9.15. The van der Waals surface area contributed by atoms with E-state index in [1.165, 1.54) is 6.42 Å². The quantitative estimate of drug-likeness (QED) is 0.821. The van der Waals surface area contributed by atoms with E-state index in [-0.39, 0.29) is 17.8 Å². The number of hydrogen-bond acceptors (Lipinski definition) is 3. The van der Waals surface area contributed by atoms with Gasteiger partial charge in [-0.25, -0.2) is 0 Å². The van der Waals surface area contributed by atoms with Crippen LogP contribution in [0, 0.1) is 6.92 Å². The third-order valence-electron chi connectivity index (χ3n) is 3.45. The average molecular weight is 263 g/mol. The van der Waals surface area contributed by atoms with Gasteiger partial charge in [-0.3, -0.25) is 4.79 Å². The molecule has 1 aromatic rings. The Morgan fingerprint density at radius 3 is 3.00 bits per heavy atom. The van der Waals surface area contributed by atoms with Crippen LogP contribution in [0.3, 0.4) is 0 Å². The number of hydrogen-bond donors (Lipinski definition) is 2. The van der Waals surface area contributed by atoms with Crippen molar-refractivity contribution in [3.63, 3.8) is 0 Å². The Bertz CT molecular complexity index is 439. The predicted molar refractivity (Wildman–Crippen MR) is 74.3 cm³/mol. The molecule has 4 heteroatoms. The number of amides is 1. The van der Waals surface area contributed by atoms with Crippen LogP contribution >= 0.6 is 0 Å². The van der Waals surface area contributed by atoms with E-state index in [1.54, 1.807) is 18.2 Å². The number of nitrogens with one attached hydrogen (secondary N) is 1. The van der Waals surface area contributed by atoms with Gasteiger partial charge in [0, 0.05) is 18.7 Å². The molecule has 0 bridgehead atoms. The molecule has 1 atom stereocenters. The van der Waals surface area contributed by atoms with Crippen LogP contribution in [0.15, 0.2) is 18.2 Å². The summed E-state index contributed by atoms with van der Waals surface area (Å²) in [6, 6.07) is 4.94. The summed E-state index contributed by atoms with van der Waals surface area (Å²) < 4.78 is 5.60. The predicted octanol–water partition coefficient (Wildman–Crippen LogP) is 2.99. The molecule has 1 heterocycles. The number of aromatic hydroxyl groups is 1. The van der Waals surface area contributed by atoms with Gasteiger partial charge in [0.05, 0.1) is 6.10 Å². The first-order valence-corrected chi connectivity index (χ1v) is 6.86. The molecule has 0 aliphatic carbocycles. The van der Waals surface area contributed by atoms with Crippen molar-refractivity contribution in [1.29, 1.82) is 0 Å². The number of rotatable bonds is 4. The molecule has 0 spiro atoms. The largest absolute Gasteiger partial charge is 0.508 e. The van der Waals surface area contributed by atoms with Gasteiger partial charge in [-0.05, 0) is 56.4 Å². The molecular weight excluding hydrogens is 242 g/mol. The van der Waals surface area contributed by atoms with Crippen LogP contribution in [0.25, 0.3) is 0 Å². The van der Waals surface area contributed by atoms with Crippen molar-refractivity contribution in [2.75, 3.05) is 11.9 Å². The molecule has 0 aromatic heterocycles. The van der Waals surface area contributed by atoms with E-state index in [1.807, 2.05) is 6.92 Å². The lowest BCUT2D eigenvalue weighted by molar-refractivity contribution is -0.117.